The first-order valence-electron chi connectivity index (χ1n) is 13.0. The van der Waals surface area contributed by atoms with Gasteiger partial charge in [0.05, 0.1) is 22.0 Å². The van der Waals surface area contributed by atoms with Gasteiger partial charge in [0.25, 0.3) is 0 Å². The van der Waals surface area contributed by atoms with E-state index < -0.39 is 98.8 Å². The molecule has 19 heteroatoms. The minimum Gasteiger partial charge on any atom is -0.480 e. The molecule has 4 amide bonds. The maximum Gasteiger partial charge on any atom is 0.417 e. The molecule has 0 heterocycles. The van der Waals surface area contributed by atoms with E-state index >= 15 is 0 Å². The summed E-state index contributed by atoms with van der Waals surface area (Å²) in [5.41, 5.74) is 3.91. The van der Waals surface area contributed by atoms with E-state index in [0.29, 0.717) is 11.8 Å². The van der Waals surface area contributed by atoms with Gasteiger partial charge in [0, 0.05) is 6.42 Å². The summed E-state index contributed by atoms with van der Waals surface area (Å²) in [6, 6.07) is -2.22. The molecule has 0 unspecified atom stereocenters. The van der Waals surface area contributed by atoms with Gasteiger partial charge in [-0.2, -0.15) is 29.7 Å². The molecule has 0 spiro atoms. The van der Waals surface area contributed by atoms with Crippen LogP contribution in [-0.2, 0) is 40.2 Å². The molecule has 7 N–H and O–H groups in total. The van der Waals surface area contributed by atoms with E-state index in [4.69, 9.17) is 17.3 Å². The average Bonchev–Trinajstić information content (AvgIpc) is 2.90. The van der Waals surface area contributed by atoms with Gasteiger partial charge in [-0.25, -0.2) is 8.42 Å². The number of rotatable bonds is 18. The van der Waals surface area contributed by atoms with Crippen molar-refractivity contribution < 1.29 is 50.7 Å². The highest BCUT2D eigenvalue weighted by Crippen LogP contribution is 2.36. The molecule has 1 aromatic rings. The van der Waals surface area contributed by atoms with Crippen molar-refractivity contribution in [3.05, 3.63) is 28.8 Å². The van der Waals surface area contributed by atoms with Crippen LogP contribution in [-0.4, -0.2) is 79.8 Å². The number of amides is 4. The van der Waals surface area contributed by atoms with Gasteiger partial charge < -0.3 is 26.8 Å². The molecule has 248 valence electrons. The van der Waals surface area contributed by atoms with Crippen LogP contribution in [0.15, 0.2) is 23.1 Å². The van der Waals surface area contributed by atoms with Crippen LogP contribution in [0.5, 0.6) is 0 Å². The Hall–Kier alpha value is -3.09. The summed E-state index contributed by atoms with van der Waals surface area (Å²) in [7, 11) is -4.78. The molecule has 0 aliphatic heterocycles. The van der Waals surface area contributed by atoms with Crippen LogP contribution < -0.4 is 26.4 Å². The van der Waals surface area contributed by atoms with Crippen LogP contribution >= 0.6 is 23.4 Å². The summed E-state index contributed by atoms with van der Waals surface area (Å²) in [5, 5.41) is 15.8. The molecule has 13 nitrogen and oxygen atoms in total. The molecule has 44 heavy (non-hydrogen) atoms. The number of carbonyl (C=O) groups is 5. The number of hydrogen-bond acceptors (Lipinski definition) is 8. The van der Waals surface area contributed by atoms with Crippen molar-refractivity contribution in [2.45, 2.75) is 68.7 Å². The number of carbonyl (C=O) groups excluding carboxylic acids is 4. The SMILES string of the molecule is CSCC[C@H](NC(=O)[C@H](CC(C)C)NC(=O)CNC(=O)CC[C@H](NS(=O)(=O)c1ccc(Cl)c(C(F)(F)F)c1)C(=O)O)C(N)=O. The lowest BCUT2D eigenvalue weighted by Gasteiger charge is -2.23. The topological polar surface area (TPSA) is 214 Å². The van der Waals surface area contributed by atoms with Gasteiger partial charge in [0.1, 0.15) is 18.1 Å². The zero-order valence-electron chi connectivity index (χ0n) is 24.0. The Labute approximate surface area is 261 Å². The average molecular weight is 690 g/mol. The number of nitrogens with one attached hydrogen (secondary N) is 4. The number of primary amides is 1. The summed E-state index contributed by atoms with van der Waals surface area (Å²) < 4.78 is 66.3. The number of halogens is 4. The molecular formula is C25H35ClF3N5O8S2. The summed E-state index contributed by atoms with van der Waals surface area (Å²) in [4.78, 5) is 60.0. The summed E-state index contributed by atoms with van der Waals surface area (Å²) in [6.07, 6.45) is -3.90. The van der Waals surface area contributed by atoms with E-state index in [2.05, 4.69) is 16.0 Å². The van der Waals surface area contributed by atoms with Gasteiger partial charge >= 0.3 is 12.1 Å². The van der Waals surface area contributed by atoms with Crippen LogP contribution in [0.2, 0.25) is 5.02 Å². The van der Waals surface area contributed by atoms with Crippen molar-refractivity contribution in [1.82, 2.24) is 20.7 Å². The Bertz CT molecular complexity index is 1310. The van der Waals surface area contributed by atoms with Crippen LogP contribution in [0.4, 0.5) is 13.2 Å². The smallest absolute Gasteiger partial charge is 0.417 e. The fourth-order valence-electron chi connectivity index (χ4n) is 3.66. The number of sulfonamides is 1. The first-order chi connectivity index (χ1) is 20.3. The zero-order valence-corrected chi connectivity index (χ0v) is 26.4. The molecular weight excluding hydrogens is 655 g/mol. The molecule has 1 aromatic carbocycles. The van der Waals surface area contributed by atoms with Gasteiger partial charge in [-0.1, -0.05) is 25.4 Å². The zero-order chi connectivity index (χ0) is 33.8. The lowest BCUT2D eigenvalue weighted by atomic mass is 10.0. The van der Waals surface area contributed by atoms with Crippen LogP contribution in [0.1, 0.15) is 45.1 Å². The van der Waals surface area contributed by atoms with Crippen molar-refractivity contribution in [1.29, 1.82) is 0 Å². The van der Waals surface area contributed by atoms with E-state index in [0.717, 1.165) is 6.07 Å². The first-order valence-corrected chi connectivity index (χ1v) is 16.3. The van der Waals surface area contributed by atoms with E-state index in [1.807, 2.05) is 6.26 Å². The molecule has 3 atom stereocenters. The van der Waals surface area contributed by atoms with Gasteiger partial charge in [-0.05, 0) is 55.4 Å². The maximum absolute atomic E-state index is 13.1. The van der Waals surface area contributed by atoms with Gasteiger partial charge in [-0.3, -0.25) is 24.0 Å². The number of nitrogens with two attached hydrogens (primary N) is 1. The fourth-order valence-corrected chi connectivity index (χ4v) is 5.61. The largest absolute Gasteiger partial charge is 0.480 e. The Kier molecular flexibility index (Phi) is 15.4. The minimum absolute atomic E-state index is 0.0523. The third kappa shape index (κ3) is 13.3. The summed E-state index contributed by atoms with van der Waals surface area (Å²) in [6.45, 7) is 2.96. The van der Waals surface area contributed by atoms with Crippen molar-refractivity contribution in [2.75, 3.05) is 18.6 Å². The van der Waals surface area contributed by atoms with Crippen LogP contribution in [0.3, 0.4) is 0 Å². The number of thioether (sulfide) groups is 1. The molecule has 0 saturated carbocycles. The second-order valence-electron chi connectivity index (χ2n) is 9.96. The quantitative estimate of drug-likeness (QED) is 0.131. The number of alkyl halides is 3. The normalized spacial score (nSPS) is 13.9. The maximum atomic E-state index is 13.1. The third-order valence-electron chi connectivity index (χ3n) is 5.88. The lowest BCUT2D eigenvalue weighted by Crippen LogP contribution is -2.54. The monoisotopic (exact) mass is 689 g/mol. The highest BCUT2D eigenvalue weighted by atomic mass is 35.5. The van der Waals surface area contributed by atoms with E-state index in [1.165, 1.54) is 11.8 Å². The fraction of sp³-hybridized carbons (Fsp3) is 0.560. The van der Waals surface area contributed by atoms with E-state index in [1.54, 1.807) is 18.6 Å². The number of hydrogen-bond donors (Lipinski definition) is 6. The highest BCUT2D eigenvalue weighted by molar-refractivity contribution is 7.98. The predicted molar refractivity (Wildman–Crippen MR) is 156 cm³/mol. The van der Waals surface area contributed by atoms with Crippen LogP contribution in [0.25, 0.3) is 0 Å². The molecule has 0 aromatic heterocycles. The highest BCUT2D eigenvalue weighted by Gasteiger charge is 2.35. The van der Waals surface area contributed by atoms with E-state index in [-0.39, 0.29) is 24.8 Å². The van der Waals surface area contributed by atoms with E-state index in [9.17, 15) is 50.7 Å². The third-order valence-corrected chi connectivity index (χ3v) is 8.33. The Balaban J connectivity index is 2.80. The first kappa shape index (κ1) is 38.9. The standard InChI is InChI=1S/C25H35ClF3N5O8S2/c1-13(2)10-19(23(38)33-17(22(30)37)8-9-43-3)32-21(36)12-31-20(35)7-6-18(24(39)40)34-44(41,42)14-4-5-16(26)15(11-14)25(27,28)29/h4-5,11,13,17-19,34H,6-10,12H2,1-3H3,(H2,30,37)(H,31,35)(H,32,36)(H,33,38)(H,39,40)/t17-,18-,19-/m0/s1. The second kappa shape index (κ2) is 17.4. The molecule has 0 bridgehead atoms. The molecule has 1 rings (SSSR count). The number of aliphatic carboxylic acids is 1. The van der Waals surface area contributed by atoms with Crippen molar-refractivity contribution in [3.63, 3.8) is 0 Å². The van der Waals surface area contributed by atoms with Crippen molar-refractivity contribution in [2.24, 2.45) is 11.7 Å². The predicted octanol–water partition coefficient (Wildman–Crippen LogP) is 1.24. The van der Waals surface area contributed by atoms with Gasteiger partial charge in [0.2, 0.25) is 33.7 Å². The van der Waals surface area contributed by atoms with Gasteiger partial charge in [-0.15, -0.1) is 0 Å². The van der Waals surface area contributed by atoms with Crippen molar-refractivity contribution in [3.8, 4) is 0 Å². The summed E-state index contributed by atoms with van der Waals surface area (Å²) in [5.74, 6) is -4.24. The lowest BCUT2D eigenvalue weighted by molar-refractivity contribution is -0.139. The number of carboxylic acid groups (broad SMARTS) is 1. The second-order valence-corrected chi connectivity index (χ2v) is 13.1. The number of carboxylic acids is 1. The van der Waals surface area contributed by atoms with Gasteiger partial charge in [0.15, 0.2) is 0 Å². The van der Waals surface area contributed by atoms with Crippen LogP contribution in [0, 0.1) is 5.92 Å². The molecule has 0 radical (unpaired) electrons. The molecule has 0 fully saturated rings. The minimum atomic E-state index is -4.97. The number of benzene rings is 1. The Morgan fingerprint density at radius 1 is 1.02 bits per heavy atom. The Morgan fingerprint density at radius 3 is 2.18 bits per heavy atom. The molecule has 0 aliphatic carbocycles. The summed E-state index contributed by atoms with van der Waals surface area (Å²) >= 11 is 6.94. The molecule has 0 saturated heterocycles. The molecule has 0 aliphatic rings. The Morgan fingerprint density at radius 2 is 1.66 bits per heavy atom. The van der Waals surface area contributed by atoms with Crippen molar-refractivity contribution >= 4 is 63.0 Å².